The zero-order valence-corrected chi connectivity index (χ0v) is 10.8. The topological polar surface area (TPSA) is 84.6 Å². The van der Waals surface area contributed by atoms with Gasteiger partial charge in [-0.25, -0.2) is 0 Å². The molecule has 6 heteroatoms. The van der Waals surface area contributed by atoms with Gasteiger partial charge in [0, 0.05) is 30.3 Å². The molecule has 0 radical (unpaired) electrons. The van der Waals surface area contributed by atoms with Crippen molar-refractivity contribution in [2.75, 3.05) is 25.6 Å². The minimum absolute atomic E-state index is 0.0399. The van der Waals surface area contributed by atoms with Crippen LogP contribution in [0.5, 0.6) is 5.75 Å². The van der Waals surface area contributed by atoms with Gasteiger partial charge in [-0.2, -0.15) is 0 Å². The second-order valence-corrected chi connectivity index (χ2v) is 4.82. The van der Waals surface area contributed by atoms with Crippen LogP contribution in [-0.4, -0.2) is 30.3 Å². The predicted octanol–water partition coefficient (Wildman–Crippen LogP) is 2.03. The summed E-state index contributed by atoms with van der Waals surface area (Å²) < 4.78 is 4.92. The van der Waals surface area contributed by atoms with Crippen LogP contribution < -0.4 is 10.1 Å². The average molecular weight is 254 g/mol. The van der Waals surface area contributed by atoms with E-state index in [2.05, 4.69) is 5.32 Å². The molecule has 2 N–H and O–H groups in total. The van der Waals surface area contributed by atoms with Crippen molar-refractivity contribution in [2.24, 2.45) is 5.41 Å². The maximum atomic E-state index is 10.8. The maximum absolute atomic E-state index is 10.8. The molecule has 0 aliphatic rings. The quantitative estimate of drug-likeness (QED) is 0.599. The van der Waals surface area contributed by atoms with Gasteiger partial charge in [-0.15, -0.1) is 0 Å². The first-order valence-corrected chi connectivity index (χ1v) is 5.57. The number of ether oxygens (including phenoxy) is 1. The lowest BCUT2D eigenvalue weighted by Gasteiger charge is -2.22. The van der Waals surface area contributed by atoms with Crippen molar-refractivity contribution in [1.82, 2.24) is 0 Å². The van der Waals surface area contributed by atoms with Gasteiger partial charge in [0.05, 0.1) is 12.0 Å². The minimum atomic E-state index is -0.485. The number of hydrogen-bond donors (Lipinski definition) is 2. The van der Waals surface area contributed by atoms with Gasteiger partial charge in [0.15, 0.2) is 5.75 Å². The van der Waals surface area contributed by atoms with E-state index in [4.69, 9.17) is 9.84 Å². The highest BCUT2D eigenvalue weighted by molar-refractivity contribution is 5.58. The lowest BCUT2D eigenvalue weighted by atomic mass is 9.95. The minimum Gasteiger partial charge on any atom is -0.490 e. The van der Waals surface area contributed by atoms with Crippen LogP contribution in [0.3, 0.4) is 0 Å². The van der Waals surface area contributed by atoms with Crippen molar-refractivity contribution < 1.29 is 14.8 Å². The fourth-order valence-electron chi connectivity index (χ4n) is 1.34. The molecule has 100 valence electrons. The van der Waals surface area contributed by atoms with E-state index in [0.717, 1.165) is 0 Å². The molecule has 0 unspecified atom stereocenters. The largest absolute Gasteiger partial charge is 0.490 e. The third-order valence-corrected chi connectivity index (χ3v) is 2.57. The molecule has 0 aliphatic carbocycles. The second-order valence-electron chi connectivity index (χ2n) is 4.82. The normalized spacial score (nSPS) is 11.1. The zero-order valence-electron chi connectivity index (χ0n) is 10.8. The molecule has 1 rings (SSSR count). The molecule has 0 atom stereocenters. The van der Waals surface area contributed by atoms with E-state index in [-0.39, 0.29) is 23.5 Å². The highest BCUT2D eigenvalue weighted by Gasteiger charge is 2.18. The Balaban J connectivity index is 2.86. The Labute approximate surface area is 106 Å². The molecular formula is C12H18N2O4. The SMILES string of the molecule is COc1ccc(NCC(C)(C)CO)cc1[N+](=O)[O-]. The fraction of sp³-hybridized carbons (Fsp3) is 0.500. The molecule has 0 heterocycles. The Morgan fingerprint density at radius 2 is 2.17 bits per heavy atom. The Hall–Kier alpha value is -1.82. The molecule has 0 spiro atoms. The first-order chi connectivity index (χ1) is 8.39. The number of nitrogens with zero attached hydrogens (tertiary/aromatic N) is 1. The molecule has 18 heavy (non-hydrogen) atoms. The monoisotopic (exact) mass is 254 g/mol. The van der Waals surface area contributed by atoms with Crippen molar-refractivity contribution >= 4 is 11.4 Å². The summed E-state index contributed by atoms with van der Waals surface area (Å²) in [5, 5.41) is 23.0. The fourth-order valence-corrected chi connectivity index (χ4v) is 1.34. The Kier molecular flexibility index (Phi) is 4.49. The zero-order chi connectivity index (χ0) is 13.8. The number of nitro benzene ring substituents is 1. The Bertz CT molecular complexity index is 432. The van der Waals surface area contributed by atoms with Gasteiger partial charge in [0.25, 0.3) is 0 Å². The third kappa shape index (κ3) is 3.59. The molecule has 1 aromatic rings. The molecule has 0 aliphatic heterocycles. The van der Waals surface area contributed by atoms with Crippen LogP contribution in [0.4, 0.5) is 11.4 Å². The number of benzene rings is 1. The number of aliphatic hydroxyl groups excluding tert-OH is 1. The first-order valence-electron chi connectivity index (χ1n) is 5.57. The van der Waals surface area contributed by atoms with E-state index < -0.39 is 4.92 Å². The summed E-state index contributed by atoms with van der Waals surface area (Å²) in [6.07, 6.45) is 0. The lowest BCUT2D eigenvalue weighted by Crippen LogP contribution is -2.26. The van der Waals surface area contributed by atoms with Crippen molar-refractivity contribution in [3.8, 4) is 5.75 Å². The molecular weight excluding hydrogens is 236 g/mol. The van der Waals surface area contributed by atoms with Gasteiger partial charge in [-0.05, 0) is 12.1 Å². The summed E-state index contributed by atoms with van der Waals surface area (Å²) in [5.74, 6) is 0.229. The van der Waals surface area contributed by atoms with Gasteiger partial charge < -0.3 is 15.2 Å². The van der Waals surface area contributed by atoms with Crippen molar-refractivity contribution in [3.05, 3.63) is 28.3 Å². The summed E-state index contributed by atoms with van der Waals surface area (Å²) in [5.41, 5.74) is 0.266. The molecule has 1 aromatic carbocycles. The number of nitrogens with one attached hydrogen (secondary N) is 1. The Morgan fingerprint density at radius 3 is 2.67 bits per heavy atom. The predicted molar refractivity (Wildman–Crippen MR) is 69.0 cm³/mol. The van der Waals surface area contributed by atoms with Gasteiger partial charge in [0.2, 0.25) is 0 Å². The van der Waals surface area contributed by atoms with Crippen LogP contribution in [0.15, 0.2) is 18.2 Å². The third-order valence-electron chi connectivity index (χ3n) is 2.57. The summed E-state index contributed by atoms with van der Waals surface area (Å²) in [4.78, 5) is 10.4. The molecule has 0 bridgehead atoms. The van der Waals surface area contributed by atoms with Gasteiger partial charge >= 0.3 is 5.69 Å². The number of aliphatic hydroxyl groups is 1. The van der Waals surface area contributed by atoms with E-state index in [1.807, 2.05) is 13.8 Å². The van der Waals surface area contributed by atoms with Crippen LogP contribution in [0.2, 0.25) is 0 Å². The smallest absolute Gasteiger partial charge is 0.312 e. The number of nitro groups is 1. The standard InChI is InChI=1S/C12H18N2O4/c1-12(2,8-15)7-13-9-4-5-11(18-3)10(6-9)14(16)17/h4-6,13,15H,7-8H2,1-3H3. The summed E-state index contributed by atoms with van der Waals surface area (Å²) in [6, 6.07) is 4.68. The van der Waals surface area contributed by atoms with Crippen molar-refractivity contribution in [2.45, 2.75) is 13.8 Å². The molecule has 0 saturated heterocycles. The average Bonchev–Trinajstić information content (AvgIpc) is 2.36. The highest BCUT2D eigenvalue weighted by atomic mass is 16.6. The van der Waals surface area contributed by atoms with Crippen molar-refractivity contribution in [1.29, 1.82) is 0 Å². The van der Waals surface area contributed by atoms with Crippen LogP contribution in [0.25, 0.3) is 0 Å². The lowest BCUT2D eigenvalue weighted by molar-refractivity contribution is -0.385. The maximum Gasteiger partial charge on any atom is 0.312 e. The van der Waals surface area contributed by atoms with Crippen LogP contribution in [-0.2, 0) is 0 Å². The summed E-state index contributed by atoms with van der Waals surface area (Å²) in [6.45, 7) is 4.36. The van der Waals surface area contributed by atoms with E-state index >= 15 is 0 Å². The van der Waals surface area contributed by atoms with Gasteiger partial charge in [0.1, 0.15) is 0 Å². The van der Waals surface area contributed by atoms with Gasteiger partial charge in [-0.1, -0.05) is 13.8 Å². The number of hydrogen-bond acceptors (Lipinski definition) is 5. The van der Waals surface area contributed by atoms with E-state index in [9.17, 15) is 10.1 Å². The Morgan fingerprint density at radius 1 is 1.50 bits per heavy atom. The molecule has 6 nitrogen and oxygen atoms in total. The summed E-state index contributed by atoms with van der Waals surface area (Å²) in [7, 11) is 1.39. The molecule has 0 fully saturated rings. The van der Waals surface area contributed by atoms with Crippen LogP contribution in [0.1, 0.15) is 13.8 Å². The van der Waals surface area contributed by atoms with Gasteiger partial charge in [-0.3, -0.25) is 10.1 Å². The number of methoxy groups -OCH3 is 1. The highest BCUT2D eigenvalue weighted by Crippen LogP contribution is 2.30. The van der Waals surface area contributed by atoms with E-state index in [0.29, 0.717) is 12.2 Å². The van der Waals surface area contributed by atoms with Crippen LogP contribution >= 0.6 is 0 Å². The summed E-state index contributed by atoms with van der Waals surface area (Å²) >= 11 is 0. The first kappa shape index (κ1) is 14.2. The van der Waals surface area contributed by atoms with Crippen LogP contribution in [0, 0.1) is 15.5 Å². The number of anilines is 1. The molecule has 0 aromatic heterocycles. The second kappa shape index (κ2) is 5.68. The molecule has 0 saturated carbocycles. The van der Waals surface area contributed by atoms with E-state index in [1.165, 1.54) is 13.2 Å². The van der Waals surface area contributed by atoms with E-state index in [1.54, 1.807) is 12.1 Å². The number of rotatable bonds is 6. The van der Waals surface area contributed by atoms with Crippen molar-refractivity contribution in [3.63, 3.8) is 0 Å². The molecule has 0 amide bonds.